The lowest BCUT2D eigenvalue weighted by Crippen LogP contribution is -2.52. The number of aryl methyl sites for hydroxylation is 1. The van der Waals surface area contributed by atoms with E-state index in [0.29, 0.717) is 32.2 Å². The van der Waals surface area contributed by atoms with Crippen molar-refractivity contribution in [2.45, 2.75) is 32.6 Å². The largest absolute Gasteiger partial charge is 0.481 e. The van der Waals surface area contributed by atoms with Crippen molar-refractivity contribution in [3.63, 3.8) is 0 Å². The minimum Gasteiger partial charge on any atom is -0.481 e. The first kappa shape index (κ1) is 16.5. The second-order valence-corrected chi connectivity index (χ2v) is 6.89. The molecule has 0 aromatic heterocycles. The van der Waals surface area contributed by atoms with Crippen LogP contribution in [-0.2, 0) is 20.8 Å². The van der Waals surface area contributed by atoms with E-state index in [1.54, 1.807) is 11.8 Å². The molecule has 24 heavy (non-hydrogen) atoms. The van der Waals surface area contributed by atoms with Gasteiger partial charge in [0, 0.05) is 25.2 Å². The molecule has 2 aliphatic rings. The zero-order valence-corrected chi connectivity index (χ0v) is 13.8. The molecule has 1 aromatic carbocycles. The number of amides is 2. The van der Waals surface area contributed by atoms with Gasteiger partial charge in [-0.2, -0.15) is 0 Å². The normalized spacial score (nSPS) is 23.8. The van der Waals surface area contributed by atoms with Gasteiger partial charge < -0.3 is 14.9 Å². The van der Waals surface area contributed by atoms with E-state index in [9.17, 15) is 19.5 Å². The van der Waals surface area contributed by atoms with Crippen LogP contribution in [0, 0.1) is 5.41 Å². The molecule has 3 rings (SSSR count). The van der Waals surface area contributed by atoms with Gasteiger partial charge >= 0.3 is 5.97 Å². The summed E-state index contributed by atoms with van der Waals surface area (Å²) in [6.45, 7) is 2.40. The van der Waals surface area contributed by atoms with Crippen molar-refractivity contribution >= 4 is 23.5 Å². The minimum absolute atomic E-state index is 0.0223. The van der Waals surface area contributed by atoms with Crippen molar-refractivity contribution in [2.75, 3.05) is 24.5 Å². The maximum absolute atomic E-state index is 12.7. The molecule has 1 fully saturated rings. The van der Waals surface area contributed by atoms with Gasteiger partial charge in [-0.1, -0.05) is 18.2 Å². The van der Waals surface area contributed by atoms with Gasteiger partial charge in [0.1, 0.15) is 6.54 Å². The molecule has 0 spiro atoms. The standard InChI is InChI=1S/C18H22N2O4/c1-18(17(23)24)9-4-10-19(12-18)16(22)11-20-14-6-3-2-5-13(14)7-8-15(20)21/h2-3,5-6H,4,7-12H2,1H3,(H,23,24). The number of aliphatic carboxylic acids is 1. The number of para-hydroxylation sites is 1. The summed E-state index contributed by atoms with van der Waals surface area (Å²) in [5.41, 5.74) is 0.955. The second-order valence-electron chi connectivity index (χ2n) is 6.89. The molecule has 6 heteroatoms. The van der Waals surface area contributed by atoms with E-state index in [4.69, 9.17) is 0 Å². The van der Waals surface area contributed by atoms with E-state index in [0.717, 1.165) is 11.3 Å². The fourth-order valence-corrected chi connectivity index (χ4v) is 3.53. The van der Waals surface area contributed by atoms with Gasteiger partial charge in [-0.15, -0.1) is 0 Å². The molecule has 1 aromatic rings. The van der Waals surface area contributed by atoms with Crippen LogP contribution in [0.3, 0.4) is 0 Å². The molecule has 2 heterocycles. The fraction of sp³-hybridized carbons (Fsp3) is 0.500. The summed E-state index contributed by atoms with van der Waals surface area (Å²) < 4.78 is 0. The SMILES string of the molecule is CC1(C(=O)O)CCCN(C(=O)CN2C(=O)CCc3ccccc32)C1. The van der Waals surface area contributed by atoms with Crippen LogP contribution >= 0.6 is 0 Å². The Hall–Kier alpha value is -2.37. The Morgan fingerprint density at radius 2 is 2.00 bits per heavy atom. The lowest BCUT2D eigenvalue weighted by atomic mass is 9.82. The minimum atomic E-state index is -0.905. The Labute approximate surface area is 141 Å². The number of carboxylic acid groups (broad SMARTS) is 1. The molecule has 2 amide bonds. The van der Waals surface area contributed by atoms with Crippen LogP contribution in [0.1, 0.15) is 31.7 Å². The Kier molecular flexibility index (Phi) is 4.30. The monoisotopic (exact) mass is 330 g/mol. The second kappa shape index (κ2) is 6.26. The summed E-state index contributed by atoms with van der Waals surface area (Å²) in [4.78, 5) is 39.5. The van der Waals surface area contributed by atoms with Crippen molar-refractivity contribution in [3.05, 3.63) is 29.8 Å². The van der Waals surface area contributed by atoms with E-state index in [-0.39, 0.29) is 24.9 Å². The highest BCUT2D eigenvalue weighted by Gasteiger charge is 2.40. The molecule has 1 unspecified atom stereocenters. The molecule has 0 bridgehead atoms. The van der Waals surface area contributed by atoms with Crippen LogP contribution in [0.25, 0.3) is 0 Å². The number of carbonyl (C=O) groups is 3. The van der Waals surface area contributed by atoms with E-state index in [2.05, 4.69) is 0 Å². The summed E-state index contributed by atoms with van der Waals surface area (Å²) >= 11 is 0. The Balaban J connectivity index is 1.75. The van der Waals surface area contributed by atoms with Gasteiger partial charge in [-0.3, -0.25) is 14.4 Å². The summed E-state index contributed by atoms with van der Waals surface area (Å²) in [5, 5.41) is 9.39. The summed E-state index contributed by atoms with van der Waals surface area (Å²) in [6.07, 6.45) is 2.33. The van der Waals surface area contributed by atoms with Crippen molar-refractivity contribution < 1.29 is 19.5 Å². The van der Waals surface area contributed by atoms with E-state index < -0.39 is 11.4 Å². The number of likely N-dealkylation sites (tertiary alicyclic amines) is 1. The first-order valence-electron chi connectivity index (χ1n) is 8.30. The molecule has 0 radical (unpaired) electrons. The van der Waals surface area contributed by atoms with Crippen LogP contribution in [0.5, 0.6) is 0 Å². The van der Waals surface area contributed by atoms with Gasteiger partial charge in [-0.05, 0) is 37.8 Å². The van der Waals surface area contributed by atoms with Crippen molar-refractivity contribution in [2.24, 2.45) is 5.41 Å². The third-order valence-electron chi connectivity index (χ3n) is 5.05. The fourth-order valence-electron chi connectivity index (χ4n) is 3.53. The van der Waals surface area contributed by atoms with Crippen molar-refractivity contribution in [1.82, 2.24) is 4.90 Å². The highest BCUT2D eigenvalue weighted by Crippen LogP contribution is 2.31. The van der Waals surface area contributed by atoms with E-state index in [1.165, 1.54) is 4.90 Å². The zero-order valence-electron chi connectivity index (χ0n) is 13.8. The molecule has 6 nitrogen and oxygen atoms in total. The first-order valence-corrected chi connectivity index (χ1v) is 8.30. The van der Waals surface area contributed by atoms with Gasteiger partial charge in [-0.25, -0.2) is 0 Å². The topological polar surface area (TPSA) is 77.9 Å². The average molecular weight is 330 g/mol. The van der Waals surface area contributed by atoms with Crippen LogP contribution in [0.4, 0.5) is 5.69 Å². The zero-order chi connectivity index (χ0) is 17.3. The third-order valence-corrected chi connectivity index (χ3v) is 5.05. The first-order chi connectivity index (χ1) is 11.4. The van der Waals surface area contributed by atoms with Gasteiger partial charge in [0.05, 0.1) is 5.41 Å². The number of nitrogens with zero attached hydrogens (tertiary/aromatic N) is 2. The molecule has 1 N–H and O–H groups in total. The van der Waals surface area contributed by atoms with Gasteiger partial charge in [0.15, 0.2) is 0 Å². The molecule has 2 aliphatic heterocycles. The molecular formula is C18H22N2O4. The highest BCUT2D eigenvalue weighted by atomic mass is 16.4. The Morgan fingerprint density at radius 1 is 1.25 bits per heavy atom. The number of hydrogen-bond donors (Lipinski definition) is 1. The quantitative estimate of drug-likeness (QED) is 0.914. The predicted octanol–water partition coefficient (Wildman–Crippen LogP) is 1.68. The number of benzene rings is 1. The number of hydrogen-bond acceptors (Lipinski definition) is 3. The predicted molar refractivity (Wildman–Crippen MR) is 88.7 cm³/mol. The molecule has 0 saturated carbocycles. The van der Waals surface area contributed by atoms with Crippen LogP contribution in [0.2, 0.25) is 0 Å². The number of fused-ring (bicyclic) bond motifs is 1. The van der Waals surface area contributed by atoms with Crippen LogP contribution in [0.15, 0.2) is 24.3 Å². The van der Waals surface area contributed by atoms with Crippen molar-refractivity contribution in [1.29, 1.82) is 0 Å². The molecule has 128 valence electrons. The summed E-state index contributed by atoms with van der Waals surface area (Å²) in [6, 6.07) is 7.62. The Bertz CT molecular complexity index is 687. The van der Waals surface area contributed by atoms with E-state index >= 15 is 0 Å². The van der Waals surface area contributed by atoms with Gasteiger partial charge in [0.2, 0.25) is 11.8 Å². The maximum Gasteiger partial charge on any atom is 0.311 e. The Morgan fingerprint density at radius 3 is 2.75 bits per heavy atom. The van der Waals surface area contributed by atoms with Gasteiger partial charge in [0.25, 0.3) is 0 Å². The smallest absolute Gasteiger partial charge is 0.311 e. The van der Waals surface area contributed by atoms with E-state index in [1.807, 2.05) is 24.3 Å². The molecule has 1 saturated heterocycles. The summed E-state index contributed by atoms with van der Waals surface area (Å²) in [5.74, 6) is -1.12. The third kappa shape index (κ3) is 3.00. The highest BCUT2D eigenvalue weighted by molar-refractivity contribution is 6.01. The summed E-state index contributed by atoms with van der Waals surface area (Å²) in [7, 11) is 0. The lowest BCUT2D eigenvalue weighted by Gasteiger charge is -2.39. The number of rotatable bonds is 3. The average Bonchev–Trinajstić information content (AvgIpc) is 2.57. The maximum atomic E-state index is 12.7. The van der Waals surface area contributed by atoms with Crippen molar-refractivity contribution in [3.8, 4) is 0 Å². The number of carboxylic acids is 1. The van der Waals surface area contributed by atoms with Crippen LogP contribution in [-0.4, -0.2) is 47.4 Å². The molecular weight excluding hydrogens is 308 g/mol. The molecule has 0 aliphatic carbocycles. The number of anilines is 1. The molecule has 1 atom stereocenters. The van der Waals surface area contributed by atoms with Crippen LogP contribution < -0.4 is 4.90 Å². The number of carbonyl (C=O) groups excluding carboxylic acids is 2. The lowest BCUT2D eigenvalue weighted by molar-refractivity contribution is -0.153. The number of piperidine rings is 1.